The van der Waals surface area contributed by atoms with Gasteiger partial charge >= 0.3 is 12.1 Å². The van der Waals surface area contributed by atoms with Crippen LogP contribution in [0.3, 0.4) is 0 Å². The molecule has 0 heterocycles. The molecule has 5 nitrogen and oxygen atoms in total. The second-order valence-corrected chi connectivity index (χ2v) is 7.32. The molecule has 0 aliphatic heterocycles. The Kier molecular flexibility index (Phi) is 6.19. The van der Waals surface area contributed by atoms with Gasteiger partial charge in [0.2, 0.25) is 0 Å². The molecule has 1 amide bonds. The minimum atomic E-state index is -0.599. The summed E-state index contributed by atoms with van der Waals surface area (Å²) < 4.78 is 10.0. The Morgan fingerprint density at radius 2 is 1.70 bits per heavy atom. The smallest absolute Gasteiger partial charge is 0.407 e. The van der Waals surface area contributed by atoms with E-state index in [4.69, 9.17) is 9.47 Å². The van der Waals surface area contributed by atoms with E-state index in [2.05, 4.69) is 5.32 Å². The summed E-state index contributed by atoms with van der Waals surface area (Å²) in [4.78, 5) is 23.5. The van der Waals surface area contributed by atoms with E-state index >= 15 is 0 Å². The van der Waals surface area contributed by atoms with Gasteiger partial charge in [0, 0.05) is 5.54 Å². The van der Waals surface area contributed by atoms with Gasteiger partial charge in [0.25, 0.3) is 0 Å². The summed E-state index contributed by atoms with van der Waals surface area (Å²) in [6.07, 6.45) is 0.111. The van der Waals surface area contributed by atoms with Crippen LogP contribution in [0.4, 0.5) is 4.79 Å². The molecule has 1 rings (SSSR count). The Morgan fingerprint density at radius 1 is 1.09 bits per heavy atom. The van der Waals surface area contributed by atoms with Crippen LogP contribution < -0.4 is 5.32 Å². The highest BCUT2D eigenvalue weighted by Gasteiger charge is 2.28. The number of hydrogen-bond donors (Lipinski definition) is 1. The monoisotopic (exact) mass is 321 g/mol. The van der Waals surface area contributed by atoms with Crippen molar-refractivity contribution in [1.82, 2.24) is 5.32 Å². The Labute approximate surface area is 138 Å². The largest absolute Gasteiger partial charge is 0.469 e. The normalized spacial score (nSPS) is 11.7. The van der Waals surface area contributed by atoms with Crippen LogP contribution >= 0.6 is 0 Å². The lowest BCUT2D eigenvalue weighted by molar-refractivity contribution is -0.150. The lowest BCUT2D eigenvalue weighted by atomic mass is 9.85. The lowest BCUT2D eigenvalue weighted by Crippen LogP contribution is -2.40. The van der Waals surface area contributed by atoms with Gasteiger partial charge in [-0.1, -0.05) is 24.3 Å². The number of nitrogens with one attached hydrogen (secondary N) is 1. The average Bonchev–Trinajstić information content (AvgIpc) is 2.42. The molecule has 1 N–H and O–H groups in total. The van der Waals surface area contributed by atoms with Crippen LogP contribution in [-0.4, -0.2) is 24.7 Å². The summed E-state index contributed by atoms with van der Waals surface area (Å²) >= 11 is 0. The fourth-order valence-corrected chi connectivity index (χ4v) is 2.18. The van der Waals surface area contributed by atoms with Crippen molar-refractivity contribution in [3.8, 4) is 0 Å². The van der Waals surface area contributed by atoms with Crippen molar-refractivity contribution in [2.24, 2.45) is 5.41 Å². The van der Waals surface area contributed by atoms with Crippen LogP contribution in [0.25, 0.3) is 0 Å². The van der Waals surface area contributed by atoms with Crippen LogP contribution in [0.1, 0.15) is 45.7 Å². The van der Waals surface area contributed by atoms with E-state index in [0.29, 0.717) is 6.42 Å². The lowest BCUT2D eigenvalue weighted by Gasteiger charge is -2.22. The molecule has 5 heteroatoms. The van der Waals surface area contributed by atoms with Gasteiger partial charge in [-0.05, 0) is 52.2 Å². The summed E-state index contributed by atoms with van der Waals surface area (Å²) in [6, 6.07) is 7.67. The van der Waals surface area contributed by atoms with E-state index in [0.717, 1.165) is 11.1 Å². The van der Waals surface area contributed by atoms with E-state index < -0.39 is 11.5 Å². The van der Waals surface area contributed by atoms with Gasteiger partial charge < -0.3 is 14.8 Å². The molecular weight excluding hydrogens is 294 g/mol. The van der Waals surface area contributed by atoms with Crippen LogP contribution in [0.5, 0.6) is 0 Å². The van der Waals surface area contributed by atoms with Crippen molar-refractivity contribution in [3.63, 3.8) is 0 Å². The zero-order valence-corrected chi connectivity index (χ0v) is 14.9. The Balaban J connectivity index is 2.67. The number of benzene rings is 1. The molecule has 1 aromatic rings. The number of ether oxygens (including phenoxy) is 2. The van der Waals surface area contributed by atoms with Gasteiger partial charge in [0.1, 0.15) is 6.61 Å². The topological polar surface area (TPSA) is 64.6 Å². The minimum Gasteiger partial charge on any atom is -0.469 e. The van der Waals surface area contributed by atoms with Gasteiger partial charge in [-0.25, -0.2) is 4.79 Å². The standard InChI is InChI=1S/C18H27NO4/c1-17(2,3)19-16(21)23-12-14-9-7-8-13(10-14)11-18(4,5)15(20)22-6/h7-10H,11-12H2,1-6H3,(H,19,21). The Morgan fingerprint density at radius 3 is 2.26 bits per heavy atom. The van der Waals surface area contributed by atoms with Crippen LogP contribution in [0.2, 0.25) is 0 Å². The quantitative estimate of drug-likeness (QED) is 0.844. The minimum absolute atomic E-state index is 0.189. The van der Waals surface area contributed by atoms with E-state index in [9.17, 15) is 9.59 Å². The maximum absolute atomic E-state index is 11.8. The summed E-state index contributed by atoms with van der Waals surface area (Å²) in [6.45, 7) is 9.56. The van der Waals surface area contributed by atoms with E-state index in [1.807, 2.05) is 58.9 Å². The van der Waals surface area contributed by atoms with Crippen LogP contribution in [0.15, 0.2) is 24.3 Å². The highest BCUT2D eigenvalue weighted by Crippen LogP contribution is 2.24. The zero-order valence-electron chi connectivity index (χ0n) is 14.9. The predicted molar refractivity (Wildman–Crippen MR) is 89.0 cm³/mol. The zero-order chi connectivity index (χ0) is 17.7. The number of rotatable bonds is 5. The van der Waals surface area contributed by atoms with Crippen molar-refractivity contribution in [2.75, 3.05) is 7.11 Å². The number of carbonyl (C=O) groups is 2. The molecule has 0 unspecified atom stereocenters. The summed E-state index contributed by atoms with van der Waals surface area (Å²) in [5.74, 6) is -0.247. The Bertz CT molecular complexity index is 558. The molecular formula is C18H27NO4. The molecule has 1 aromatic carbocycles. The van der Waals surface area contributed by atoms with Crippen molar-refractivity contribution in [3.05, 3.63) is 35.4 Å². The molecule has 0 bridgehead atoms. The molecule has 0 atom stereocenters. The fraction of sp³-hybridized carbons (Fsp3) is 0.556. The third-order valence-electron chi connectivity index (χ3n) is 3.22. The number of methoxy groups -OCH3 is 1. The highest BCUT2D eigenvalue weighted by atomic mass is 16.5. The van der Waals surface area contributed by atoms with E-state index in [-0.39, 0.29) is 18.1 Å². The molecule has 128 valence electrons. The first-order valence-electron chi connectivity index (χ1n) is 7.65. The van der Waals surface area contributed by atoms with E-state index in [1.165, 1.54) is 7.11 Å². The van der Waals surface area contributed by atoms with Crippen molar-refractivity contribution < 1.29 is 19.1 Å². The predicted octanol–water partition coefficient (Wildman–Crippen LogP) is 3.45. The fourth-order valence-electron chi connectivity index (χ4n) is 2.18. The molecule has 0 aliphatic carbocycles. The number of alkyl carbamates (subject to hydrolysis) is 1. The SMILES string of the molecule is COC(=O)C(C)(C)Cc1cccc(COC(=O)NC(C)(C)C)c1. The molecule has 0 fully saturated rings. The molecule has 0 spiro atoms. The summed E-state index contributed by atoms with van der Waals surface area (Å²) in [5.41, 5.74) is 0.950. The number of esters is 1. The van der Waals surface area contributed by atoms with Gasteiger partial charge in [-0.15, -0.1) is 0 Å². The van der Waals surface area contributed by atoms with Gasteiger partial charge in [0.15, 0.2) is 0 Å². The van der Waals surface area contributed by atoms with Crippen molar-refractivity contribution in [2.45, 2.75) is 53.2 Å². The molecule has 23 heavy (non-hydrogen) atoms. The first-order chi connectivity index (χ1) is 10.5. The maximum Gasteiger partial charge on any atom is 0.407 e. The number of carbonyl (C=O) groups excluding carboxylic acids is 2. The molecule has 0 saturated heterocycles. The number of amides is 1. The third kappa shape index (κ3) is 6.72. The first kappa shape index (κ1) is 19.0. The van der Waals surface area contributed by atoms with Crippen molar-refractivity contribution >= 4 is 12.1 Å². The molecule has 0 saturated carbocycles. The van der Waals surface area contributed by atoms with Gasteiger partial charge in [-0.3, -0.25) is 4.79 Å². The maximum atomic E-state index is 11.8. The van der Waals surface area contributed by atoms with Crippen LogP contribution in [-0.2, 0) is 27.3 Å². The third-order valence-corrected chi connectivity index (χ3v) is 3.22. The highest BCUT2D eigenvalue weighted by molar-refractivity contribution is 5.76. The summed E-state index contributed by atoms with van der Waals surface area (Å²) in [7, 11) is 1.39. The van der Waals surface area contributed by atoms with Crippen LogP contribution in [0, 0.1) is 5.41 Å². The molecule has 0 aromatic heterocycles. The van der Waals surface area contributed by atoms with Crippen molar-refractivity contribution in [1.29, 1.82) is 0 Å². The summed E-state index contributed by atoms with van der Waals surface area (Å²) in [5, 5.41) is 2.74. The second kappa shape index (κ2) is 7.49. The van der Waals surface area contributed by atoms with Gasteiger partial charge in [0.05, 0.1) is 12.5 Å². The van der Waals surface area contributed by atoms with E-state index in [1.54, 1.807) is 0 Å². The average molecular weight is 321 g/mol. The first-order valence-corrected chi connectivity index (χ1v) is 7.65. The number of hydrogen-bond acceptors (Lipinski definition) is 4. The molecule has 0 radical (unpaired) electrons. The van der Waals surface area contributed by atoms with Gasteiger partial charge in [-0.2, -0.15) is 0 Å². The second-order valence-electron chi connectivity index (χ2n) is 7.32. The Hall–Kier alpha value is -2.04. The molecule has 0 aliphatic rings.